The van der Waals surface area contributed by atoms with E-state index < -0.39 is 5.60 Å². The number of nitrogens with zero attached hydrogens (tertiary/aromatic N) is 4. The Hall–Kier alpha value is -1.83. The second kappa shape index (κ2) is 5.42. The topological polar surface area (TPSA) is 73.4 Å². The molecule has 0 N–H and O–H groups in total. The summed E-state index contributed by atoms with van der Waals surface area (Å²) in [6, 6.07) is 3.65. The molecule has 0 saturated heterocycles. The second-order valence-electron chi connectivity index (χ2n) is 6.10. The monoisotopic (exact) mass is 368 g/mol. The zero-order chi connectivity index (χ0) is 15.9. The maximum Gasteiger partial charge on any atom is 0.410 e. The summed E-state index contributed by atoms with van der Waals surface area (Å²) in [6.45, 7) is 7.09. The Labute approximate surface area is 136 Å². The number of hydrogen-bond donors (Lipinski definition) is 0. The highest BCUT2D eigenvalue weighted by atomic mass is 79.9. The number of carbonyl (C=O) groups excluding carboxylic acids is 1. The van der Waals surface area contributed by atoms with Crippen molar-refractivity contribution in [1.82, 2.24) is 19.7 Å². The number of amides is 1. The van der Waals surface area contributed by atoms with Gasteiger partial charge >= 0.3 is 6.09 Å². The Kier molecular flexibility index (Phi) is 3.72. The van der Waals surface area contributed by atoms with Crippen LogP contribution in [0.5, 0.6) is 0 Å². The molecule has 0 fully saturated rings. The number of hydrogen-bond acceptors (Lipinski definition) is 5. The van der Waals surface area contributed by atoms with Gasteiger partial charge in [-0.3, -0.25) is 4.90 Å². The molecule has 3 rings (SSSR count). The first-order chi connectivity index (χ1) is 10.3. The largest absolute Gasteiger partial charge is 0.446 e. The lowest BCUT2D eigenvalue weighted by atomic mass is 10.2. The average molecular weight is 369 g/mol. The molecule has 0 saturated carbocycles. The molecule has 0 radical (unpaired) electrons. The van der Waals surface area contributed by atoms with E-state index in [4.69, 9.17) is 9.15 Å². The summed E-state index contributed by atoms with van der Waals surface area (Å²) in [5, 5.41) is 8.33. The highest BCUT2D eigenvalue weighted by Gasteiger charge is 2.28. The fourth-order valence-corrected chi connectivity index (χ4v) is 2.56. The molecule has 22 heavy (non-hydrogen) atoms. The van der Waals surface area contributed by atoms with Gasteiger partial charge in [0.1, 0.15) is 5.60 Å². The van der Waals surface area contributed by atoms with Crippen molar-refractivity contribution in [3.8, 4) is 11.6 Å². The fraction of sp³-hybridized carbons (Fsp3) is 0.500. The molecule has 0 spiro atoms. The minimum atomic E-state index is -0.506. The molecule has 8 heteroatoms. The Balaban J connectivity index is 1.78. The van der Waals surface area contributed by atoms with E-state index in [1.165, 1.54) is 0 Å². The smallest absolute Gasteiger partial charge is 0.410 e. The van der Waals surface area contributed by atoms with E-state index in [1.807, 2.05) is 37.5 Å². The summed E-state index contributed by atoms with van der Waals surface area (Å²) in [7, 11) is 0. The number of aromatic nitrogens is 3. The van der Waals surface area contributed by atoms with Crippen LogP contribution >= 0.6 is 15.9 Å². The van der Waals surface area contributed by atoms with Gasteiger partial charge in [0.15, 0.2) is 22.1 Å². The molecule has 1 amide bonds. The Morgan fingerprint density at radius 3 is 2.73 bits per heavy atom. The van der Waals surface area contributed by atoms with Crippen LogP contribution < -0.4 is 0 Å². The fourth-order valence-electron chi connectivity index (χ4n) is 2.26. The van der Waals surface area contributed by atoms with Crippen LogP contribution in [0.25, 0.3) is 11.6 Å². The molecule has 3 heterocycles. The van der Waals surface area contributed by atoms with E-state index in [0.29, 0.717) is 35.9 Å². The minimum absolute atomic E-state index is 0.330. The zero-order valence-corrected chi connectivity index (χ0v) is 14.3. The number of halogens is 1. The van der Waals surface area contributed by atoms with E-state index in [0.717, 1.165) is 5.82 Å². The standard InChI is InChI=1S/C14H17BrN4O3/c1-14(2,3)22-13(20)18-6-7-19-11(8-18)16-17-12(19)9-4-5-10(15)21-9/h4-5H,6-8H2,1-3H3. The van der Waals surface area contributed by atoms with E-state index in [-0.39, 0.29) is 6.09 Å². The maximum atomic E-state index is 12.1. The number of carbonyl (C=O) groups is 1. The van der Waals surface area contributed by atoms with Crippen LogP contribution in [-0.4, -0.2) is 37.9 Å². The van der Waals surface area contributed by atoms with Crippen molar-refractivity contribution < 1.29 is 13.9 Å². The quantitative estimate of drug-likeness (QED) is 0.773. The first-order valence-corrected chi connectivity index (χ1v) is 7.78. The van der Waals surface area contributed by atoms with Crippen LogP contribution in [0.3, 0.4) is 0 Å². The third-order valence-corrected chi connectivity index (χ3v) is 3.62. The highest BCUT2D eigenvalue weighted by Crippen LogP contribution is 2.26. The van der Waals surface area contributed by atoms with Gasteiger partial charge in [0.05, 0.1) is 6.54 Å². The lowest BCUT2D eigenvalue weighted by Crippen LogP contribution is -2.41. The van der Waals surface area contributed by atoms with Gasteiger partial charge in [-0.2, -0.15) is 0 Å². The molecule has 2 aromatic heterocycles. The second-order valence-corrected chi connectivity index (χ2v) is 6.88. The molecule has 118 valence electrons. The lowest BCUT2D eigenvalue weighted by molar-refractivity contribution is 0.0195. The van der Waals surface area contributed by atoms with Crippen molar-refractivity contribution in [3.63, 3.8) is 0 Å². The molecule has 7 nitrogen and oxygen atoms in total. The van der Waals surface area contributed by atoms with Gasteiger partial charge in [0.2, 0.25) is 0 Å². The summed E-state index contributed by atoms with van der Waals surface area (Å²) in [4.78, 5) is 13.8. The van der Waals surface area contributed by atoms with Gasteiger partial charge in [0.25, 0.3) is 0 Å². The Bertz CT molecular complexity index is 701. The summed E-state index contributed by atoms with van der Waals surface area (Å²) in [5.74, 6) is 2.04. The van der Waals surface area contributed by atoms with Crippen LogP contribution in [0.2, 0.25) is 0 Å². The minimum Gasteiger partial charge on any atom is -0.446 e. The van der Waals surface area contributed by atoms with Crippen LogP contribution in [0.4, 0.5) is 4.79 Å². The van der Waals surface area contributed by atoms with Crippen LogP contribution in [0.15, 0.2) is 21.2 Å². The van der Waals surface area contributed by atoms with Gasteiger partial charge in [0, 0.05) is 13.1 Å². The van der Waals surface area contributed by atoms with Crippen molar-refractivity contribution in [3.05, 3.63) is 22.6 Å². The molecular weight excluding hydrogens is 352 g/mol. The van der Waals surface area contributed by atoms with Gasteiger partial charge in [-0.1, -0.05) is 0 Å². The predicted molar refractivity (Wildman–Crippen MR) is 82.1 cm³/mol. The van der Waals surface area contributed by atoms with E-state index in [1.54, 1.807) is 4.90 Å². The Morgan fingerprint density at radius 1 is 1.32 bits per heavy atom. The number of rotatable bonds is 1. The molecule has 0 unspecified atom stereocenters. The van der Waals surface area contributed by atoms with Crippen molar-refractivity contribution in [2.45, 2.75) is 39.5 Å². The SMILES string of the molecule is CC(C)(C)OC(=O)N1CCn2c(nnc2-c2ccc(Br)o2)C1. The van der Waals surface area contributed by atoms with E-state index >= 15 is 0 Å². The molecule has 0 bridgehead atoms. The van der Waals surface area contributed by atoms with Crippen molar-refractivity contribution in [2.75, 3.05) is 6.54 Å². The molecule has 0 aliphatic carbocycles. The molecule has 0 atom stereocenters. The number of fused-ring (bicyclic) bond motifs is 1. The van der Waals surface area contributed by atoms with Crippen molar-refractivity contribution >= 4 is 22.0 Å². The van der Waals surface area contributed by atoms with Crippen LogP contribution in [0.1, 0.15) is 26.6 Å². The molecule has 1 aliphatic heterocycles. The van der Waals surface area contributed by atoms with E-state index in [9.17, 15) is 4.79 Å². The van der Waals surface area contributed by atoms with Crippen molar-refractivity contribution in [1.29, 1.82) is 0 Å². The van der Waals surface area contributed by atoms with E-state index in [2.05, 4.69) is 26.1 Å². The highest BCUT2D eigenvalue weighted by molar-refractivity contribution is 9.10. The summed E-state index contributed by atoms with van der Waals surface area (Å²) < 4.78 is 13.5. The maximum absolute atomic E-state index is 12.1. The summed E-state index contributed by atoms with van der Waals surface area (Å²) in [6.07, 6.45) is -0.330. The normalized spacial score (nSPS) is 14.8. The summed E-state index contributed by atoms with van der Waals surface area (Å²) >= 11 is 3.28. The first-order valence-electron chi connectivity index (χ1n) is 6.99. The number of furan rings is 1. The lowest BCUT2D eigenvalue weighted by Gasteiger charge is -2.30. The number of ether oxygens (including phenoxy) is 1. The molecule has 2 aromatic rings. The van der Waals surface area contributed by atoms with Gasteiger partial charge < -0.3 is 13.7 Å². The van der Waals surface area contributed by atoms with Crippen molar-refractivity contribution in [2.24, 2.45) is 0 Å². The van der Waals surface area contributed by atoms with Crippen LogP contribution in [0, 0.1) is 0 Å². The Morgan fingerprint density at radius 2 is 2.09 bits per heavy atom. The van der Waals surface area contributed by atoms with Crippen LogP contribution in [-0.2, 0) is 17.8 Å². The third kappa shape index (κ3) is 3.01. The predicted octanol–water partition coefficient (Wildman–Crippen LogP) is 3.05. The molecule has 0 aromatic carbocycles. The third-order valence-electron chi connectivity index (χ3n) is 3.20. The van der Waals surface area contributed by atoms with Gasteiger partial charge in [-0.25, -0.2) is 4.79 Å². The summed E-state index contributed by atoms with van der Waals surface area (Å²) in [5.41, 5.74) is -0.506. The van der Waals surface area contributed by atoms with Gasteiger partial charge in [-0.15, -0.1) is 10.2 Å². The molecular formula is C14H17BrN4O3. The zero-order valence-electron chi connectivity index (χ0n) is 12.7. The molecule has 1 aliphatic rings. The first kappa shape index (κ1) is 15.1. The average Bonchev–Trinajstić information content (AvgIpc) is 3.01. The van der Waals surface area contributed by atoms with Gasteiger partial charge in [-0.05, 0) is 48.8 Å².